The van der Waals surface area contributed by atoms with Crippen LogP contribution in [0.4, 0.5) is 4.39 Å². The molecule has 3 rings (SSSR count). The van der Waals surface area contributed by atoms with Gasteiger partial charge in [0.05, 0.1) is 14.2 Å². The van der Waals surface area contributed by atoms with Crippen LogP contribution >= 0.6 is 0 Å². The van der Waals surface area contributed by atoms with Gasteiger partial charge in [-0.2, -0.15) is 0 Å². The first kappa shape index (κ1) is 19.4. The molecule has 28 heavy (non-hydrogen) atoms. The topological polar surface area (TPSA) is 65.4 Å². The molecule has 1 heterocycles. The highest BCUT2D eigenvalue weighted by atomic mass is 19.1. The Morgan fingerprint density at radius 1 is 1.14 bits per heavy atom. The fourth-order valence-electron chi connectivity index (χ4n) is 2.90. The zero-order valence-corrected chi connectivity index (χ0v) is 16.2. The number of imidazole rings is 1. The smallest absolute Gasteiger partial charge is 0.252 e. The van der Waals surface area contributed by atoms with E-state index in [4.69, 9.17) is 9.47 Å². The first-order valence-electron chi connectivity index (χ1n) is 8.70. The molecule has 0 aliphatic carbocycles. The number of rotatable bonds is 6. The molecule has 146 valence electrons. The highest BCUT2D eigenvalue weighted by Gasteiger charge is 2.23. The first-order valence-corrected chi connectivity index (χ1v) is 8.70. The average molecular weight is 383 g/mol. The van der Waals surface area contributed by atoms with E-state index < -0.39 is 17.8 Å². The molecule has 0 saturated carbocycles. The Hall–Kier alpha value is -3.35. The van der Waals surface area contributed by atoms with Gasteiger partial charge in [0.1, 0.15) is 29.2 Å². The molecule has 0 spiro atoms. The Kier molecular flexibility index (Phi) is 5.63. The number of aromatic nitrogens is 2. The molecule has 1 aromatic heterocycles. The second kappa shape index (κ2) is 8.12. The number of benzene rings is 2. The van der Waals surface area contributed by atoms with Crippen molar-refractivity contribution in [2.45, 2.75) is 13.0 Å². The summed E-state index contributed by atoms with van der Waals surface area (Å²) in [4.78, 5) is 17.2. The van der Waals surface area contributed by atoms with Gasteiger partial charge in [-0.05, 0) is 42.3 Å². The van der Waals surface area contributed by atoms with Crippen LogP contribution in [0, 0.1) is 12.7 Å². The highest BCUT2D eigenvalue weighted by molar-refractivity contribution is 5.94. The van der Waals surface area contributed by atoms with Crippen LogP contribution in [0.15, 0.2) is 48.8 Å². The lowest BCUT2D eigenvalue weighted by Gasteiger charge is -2.20. The molecule has 3 aromatic rings. The molecular formula is C21H22FN3O3. The van der Waals surface area contributed by atoms with Gasteiger partial charge in [0.15, 0.2) is 0 Å². The third-order valence-electron chi connectivity index (χ3n) is 4.53. The number of halogens is 1. The first-order chi connectivity index (χ1) is 13.4. The summed E-state index contributed by atoms with van der Waals surface area (Å²) in [6.45, 7) is 1.65. The van der Waals surface area contributed by atoms with Gasteiger partial charge in [-0.15, -0.1) is 0 Å². The number of nitrogens with one attached hydrogen (secondary N) is 1. The Morgan fingerprint density at radius 3 is 2.36 bits per heavy atom. The third kappa shape index (κ3) is 3.98. The van der Waals surface area contributed by atoms with Gasteiger partial charge in [0, 0.05) is 31.1 Å². The number of methoxy groups -OCH3 is 2. The number of aryl methyl sites for hydroxylation is 2. The number of carbonyl (C=O) groups is 1. The lowest BCUT2D eigenvalue weighted by atomic mass is 10.0. The van der Waals surface area contributed by atoms with Crippen molar-refractivity contribution in [3.05, 3.63) is 77.1 Å². The lowest BCUT2D eigenvalue weighted by Crippen LogP contribution is -2.31. The molecule has 0 fully saturated rings. The van der Waals surface area contributed by atoms with Crippen LogP contribution in [0.25, 0.3) is 0 Å². The molecular weight excluding hydrogens is 361 g/mol. The van der Waals surface area contributed by atoms with Gasteiger partial charge in [-0.3, -0.25) is 4.79 Å². The van der Waals surface area contributed by atoms with Crippen molar-refractivity contribution in [1.29, 1.82) is 0 Å². The van der Waals surface area contributed by atoms with Crippen molar-refractivity contribution in [3.8, 4) is 11.5 Å². The summed E-state index contributed by atoms with van der Waals surface area (Å²) in [6, 6.07) is 9.17. The summed E-state index contributed by atoms with van der Waals surface area (Å²) < 4.78 is 26.4. The molecule has 1 N–H and O–H groups in total. The lowest BCUT2D eigenvalue weighted by molar-refractivity contribution is 0.0940. The van der Waals surface area contributed by atoms with Gasteiger partial charge in [-0.25, -0.2) is 9.37 Å². The number of carbonyl (C=O) groups excluding carboxylic acids is 1. The standard InChI is InChI=1S/C21H22FN3O3/c1-13-5-6-14(11-18(13)22)21(26)24-19(20-23-7-8-25(20)2)15-9-16(27-3)12-17(10-15)28-4/h5-12,19H,1-4H3,(H,24,26). The molecule has 6 nitrogen and oxygen atoms in total. The van der Waals surface area contributed by atoms with Crippen LogP contribution in [0.5, 0.6) is 11.5 Å². The van der Waals surface area contributed by atoms with Crippen molar-refractivity contribution >= 4 is 5.91 Å². The van der Waals surface area contributed by atoms with E-state index in [1.54, 1.807) is 63.9 Å². The Balaban J connectivity index is 2.02. The molecule has 0 bridgehead atoms. The number of amides is 1. The van der Waals surface area contributed by atoms with Crippen LogP contribution in [0.2, 0.25) is 0 Å². The van der Waals surface area contributed by atoms with Crippen molar-refractivity contribution in [1.82, 2.24) is 14.9 Å². The van der Waals surface area contributed by atoms with Crippen molar-refractivity contribution < 1.29 is 18.7 Å². The summed E-state index contributed by atoms with van der Waals surface area (Å²) in [5.74, 6) is 0.961. The summed E-state index contributed by atoms with van der Waals surface area (Å²) in [5, 5.41) is 2.94. The molecule has 0 aliphatic heterocycles. The largest absolute Gasteiger partial charge is 0.497 e. The highest BCUT2D eigenvalue weighted by Crippen LogP contribution is 2.29. The van der Waals surface area contributed by atoms with Crippen molar-refractivity contribution in [2.75, 3.05) is 14.2 Å². The van der Waals surface area contributed by atoms with Crippen LogP contribution in [-0.2, 0) is 7.05 Å². The predicted molar refractivity (Wildman–Crippen MR) is 103 cm³/mol. The molecule has 7 heteroatoms. The van der Waals surface area contributed by atoms with Crippen molar-refractivity contribution in [3.63, 3.8) is 0 Å². The fourth-order valence-corrected chi connectivity index (χ4v) is 2.90. The molecule has 0 aliphatic rings. The summed E-state index contributed by atoms with van der Waals surface area (Å²) >= 11 is 0. The van der Waals surface area contributed by atoms with E-state index >= 15 is 0 Å². The molecule has 1 atom stereocenters. The maximum absolute atomic E-state index is 13.9. The zero-order chi connectivity index (χ0) is 20.3. The number of nitrogens with zero attached hydrogens (tertiary/aromatic N) is 2. The van der Waals surface area contributed by atoms with Gasteiger partial charge in [-0.1, -0.05) is 6.07 Å². The van der Waals surface area contributed by atoms with Gasteiger partial charge in [0.25, 0.3) is 5.91 Å². The van der Waals surface area contributed by atoms with Crippen LogP contribution in [0.1, 0.15) is 33.4 Å². The van der Waals surface area contributed by atoms with Gasteiger partial charge in [0.2, 0.25) is 0 Å². The SMILES string of the molecule is COc1cc(OC)cc(C(NC(=O)c2ccc(C)c(F)c2)c2nccn2C)c1. The Labute approximate surface area is 162 Å². The maximum Gasteiger partial charge on any atom is 0.252 e. The second-order valence-corrected chi connectivity index (χ2v) is 6.41. The second-order valence-electron chi connectivity index (χ2n) is 6.41. The maximum atomic E-state index is 13.9. The fraction of sp³-hybridized carbons (Fsp3) is 0.238. The van der Waals surface area contributed by atoms with Gasteiger partial charge >= 0.3 is 0 Å². The molecule has 0 saturated heterocycles. The van der Waals surface area contributed by atoms with Crippen LogP contribution in [-0.4, -0.2) is 29.7 Å². The van der Waals surface area contributed by atoms with Crippen LogP contribution < -0.4 is 14.8 Å². The molecule has 0 radical (unpaired) electrons. The molecule has 2 aromatic carbocycles. The molecule has 1 unspecified atom stereocenters. The van der Waals surface area contributed by atoms with Gasteiger partial charge < -0.3 is 19.4 Å². The number of hydrogen-bond acceptors (Lipinski definition) is 4. The number of ether oxygens (including phenoxy) is 2. The zero-order valence-electron chi connectivity index (χ0n) is 16.2. The van der Waals surface area contributed by atoms with E-state index in [1.165, 1.54) is 6.07 Å². The number of hydrogen-bond donors (Lipinski definition) is 1. The minimum absolute atomic E-state index is 0.233. The van der Waals surface area contributed by atoms with E-state index in [0.29, 0.717) is 22.9 Å². The van der Waals surface area contributed by atoms with E-state index in [1.807, 2.05) is 11.6 Å². The normalized spacial score (nSPS) is 11.8. The van der Waals surface area contributed by atoms with Crippen LogP contribution in [0.3, 0.4) is 0 Å². The Bertz CT molecular complexity index is 978. The van der Waals surface area contributed by atoms with E-state index in [2.05, 4.69) is 10.3 Å². The summed E-state index contributed by atoms with van der Waals surface area (Å²) in [5.41, 5.74) is 1.44. The van der Waals surface area contributed by atoms with Crippen molar-refractivity contribution in [2.24, 2.45) is 7.05 Å². The third-order valence-corrected chi connectivity index (χ3v) is 4.53. The summed E-state index contributed by atoms with van der Waals surface area (Å²) in [6.07, 6.45) is 3.44. The average Bonchev–Trinajstić information content (AvgIpc) is 3.13. The monoisotopic (exact) mass is 383 g/mol. The van der Waals surface area contributed by atoms with E-state index in [9.17, 15) is 9.18 Å². The summed E-state index contributed by atoms with van der Waals surface area (Å²) in [7, 11) is 4.95. The minimum atomic E-state index is -0.583. The minimum Gasteiger partial charge on any atom is -0.497 e. The quantitative estimate of drug-likeness (QED) is 0.709. The predicted octanol–water partition coefficient (Wildman–Crippen LogP) is 3.40. The molecule has 1 amide bonds. The van der Waals surface area contributed by atoms with E-state index in [0.717, 1.165) is 5.56 Å². The Morgan fingerprint density at radius 2 is 1.82 bits per heavy atom. The van der Waals surface area contributed by atoms with E-state index in [-0.39, 0.29) is 5.56 Å².